The molecule has 0 heterocycles. The summed E-state index contributed by atoms with van der Waals surface area (Å²) in [5.41, 5.74) is 4.91. The molecular formula is C18H18N2O6. The van der Waals surface area contributed by atoms with Crippen molar-refractivity contribution >= 4 is 17.8 Å². The Labute approximate surface area is 150 Å². The number of amides is 2. The van der Waals surface area contributed by atoms with E-state index >= 15 is 0 Å². The van der Waals surface area contributed by atoms with Gasteiger partial charge in [0.05, 0.1) is 19.8 Å². The molecule has 0 saturated heterocycles. The second-order valence-electron chi connectivity index (χ2n) is 5.04. The number of nitrogens with one attached hydrogen (secondary N) is 2. The van der Waals surface area contributed by atoms with E-state index in [2.05, 4.69) is 15.6 Å². The second-order valence-corrected chi connectivity index (χ2v) is 5.04. The number of carbonyl (C=O) groups is 3. The molecule has 2 amide bonds. The van der Waals surface area contributed by atoms with Crippen LogP contribution >= 0.6 is 0 Å². The maximum Gasteiger partial charge on any atom is 0.337 e. The van der Waals surface area contributed by atoms with E-state index in [-0.39, 0.29) is 17.7 Å². The van der Waals surface area contributed by atoms with Crippen LogP contribution < -0.4 is 20.3 Å². The van der Waals surface area contributed by atoms with Crippen molar-refractivity contribution in [2.75, 3.05) is 20.8 Å². The molecule has 8 nitrogen and oxygen atoms in total. The number of benzene rings is 2. The molecular weight excluding hydrogens is 340 g/mol. The van der Waals surface area contributed by atoms with Crippen molar-refractivity contribution in [3.8, 4) is 11.5 Å². The SMILES string of the molecule is COC(=O)c1cccc(C(=O)NNC(=O)COc2ccc(OC)cc2)c1. The average Bonchev–Trinajstić information content (AvgIpc) is 2.70. The summed E-state index contributed by atoms with van der Waals surface area (Å²) in [4.78, 5) is 35.2. The molecule has 0 aromatic heterocycles. The van der Waals surface area contributed by atoms with Gasteiger partial charge in [0, 0.05) is 5.56 Å². The Kier molecular flexibility index (Phi) is 6.55. The summed E-state index contributed by atoms with van der Waals surface area (Å²) in [7, 11) is 2.80. The fourth-order valence-corrected chi connectivity index (χ4v) is 1.96. The van der Waals surface area contributed by atoms with Crippen molar-refractivity contribution in [2.45, 2.75) is 0 Å². The Bertz CT molecular complexity index is 789. The zero-order valence-electron chi connectivity index (χ0n) is 14.3. The first-order chi connectivity index (χ1) is 12.5. The van der Waals surface area contributed by atoms with Crippen molar-refractivity contribution in [3.05, 3.63) is 59.7 Å². The van der Waals surface area contributed by atoms with Crippen LogP contribution in [0.15, 0.2) is 48.5 Å². The minimum Gasteiger partial charge on any atom is -0.497 e. The fraction of sp³-hybridized carbons (Fsp3) is 0.167. The first kappa shape index (κ1) is 18.8. The minimum absolute atomic E-state index is 0.198. The van der Waals surface area contributed by atoms with E-state index in [1.807, 2.05) is 0 Å². The number of ether oxygens (including phenoxy) is 3. The van der Waals surface area contributed by atoms with E-state index in [0.29, 0.717) is 11.5 Å². The lowest BCUT2D eigenvalue weighted by Gasteiger charge is -2.09. The molecule has 0 aliphatic heterocycles. The molecule has 8 heteroatoms. The Hall–Kier alpha value is -3.55. The Morgan fingerprint density at radius 1 is 0.885 bits per heavy atom. The zero-order chi connectivity index (χ0) is 18.9. The number of esters is 1. The van der Waals surface area contributed by atoms with Crippen molar-refractivity contribution in [3.63, 3.8) is 0 Å². The topological polar surface area (TPSA) is 103 Å². The highest BCUT2D eigenvalue weighted by Gasteiger charge is 2.11. The lowest BCUT2D eigenvalue weighted by Crippen LogP contribution is -2.43. The van der Waals surface area contributed by atoms with Crippen molar-refractivity contribution in [1.82, 2.24) is 10.9 Å². The Morgan fingerprint density at radius 2 is 1.54 bits per heavy atom. The van der Waals surface area contributed by atoms with Gasteiger partial charge in [0.2, 0.25) is 0 Å². The number of hydrogen-bond acceptors (Lipinski definition) is 6. The van der Waals surface area contributed by atoms with Gasteiger partial charge in [0.1, 0.15) is 11.5 Å². The number of hydrogen-bond donors (Lipinski definition) is 2. The molecule has 26 heavy (non-hydrogen) atoms. The third kappa shape index (κ3) is 5.23. The molecule has 2 rings (SSSR count). The summed E-state index contributed by atoms with van der Waals surface area (Å²) < 4.78 is 14.9. The third-order valence-corrected chi connectivity index (χ3v) is 3.29. The van der Waals surface area contributed by atoms with Crippen molar-refractivity contribution in [2.24, 2.45) is 0 Å². The summed E-state index contributed by atoms with van der Waals surface area (Å²) in [5, 5.41) is 0. The minimum atomic E-state index is -0.575. The molecule has 0 spiro atoms. The van der Waals surface area contributed by atoms with Gasteiger partial charge >= 0.3 is 5.97 Å². The first-order valence-electron chi connectivity index (χ1n) is 7.58. The van der Waals surface area contributed by atoms with Gasteiger partial charge in [-0.15, -0.1) is 0 Å². The van der Waals surface area contributed by atoms with Crippen LogP contribution in [0.4, 0.5) is 0 Å². The second kappa shape index (κ2) is 9.07. The summed E-state index contributed by atoms with van der Waals surface area (Å²) in [6.07, 6.45) is 0. The average molecular weight is 358 g/mol. The van der Waals surface area contributed by atoms with Crippen LogP contribution in [-0.2, 0) is 9.53 Å². The van der Waals surface area contributed by atoms with E-state index in [1.54, 1.807) is 31.4 Å². The van der Waals surface area contributed by atoms with E-state index in [0.717, 1.165) is 0 Å². The van der Waals surface area contributed by atoms with Crippen molar-refractivity contribution < 1.29 is 28.6 Å². The van der Waals surface area contributed by atoms with E-state index < -0.39 is 17.8 Å². The van der Waals surface area contributed by atoms with Crippen LogP contribution in [0.3, 0.4) is 0 Å². The molecule has 2 aromatic carbocycles. The quantitative estimate of drug-likeness (QED) is 0.596. The largest absolute Gasteiger partial charge is 0.497 e. The number of hydrazine groups is 1. The predicted molar refractivity (Wildman–Crippen MR) is 91.9 cm³/mol. The van der Waals surface area contributed by atoms with Gasteiger partial charge in [0.15, 0.2) is 6.61 Å². The molecule has 0 unspecified atom stereocenters. The highest BCUT2D eigenvalue weighted by atomic mass is 16.5. The fourth-order valence-electron chi connectivity index (χ4n) is 1.96. The number of carbonyl (C=O) groups excluding carboxylic acids is 3. The van der Waals surface area contributed by atoms with E-state index in [4.69, 9.17) is 9.47 Å². The van der Waals surface area contributed by atoms with Crippen LogP contribution in [0, 0.1) is 0 Å². The molecule has 0 aliphatic rings. The van der Waals surface area contributed by atoms with Crippen LogP contribution in [0.1, 0.15) is 20.7 Å². The molecule has 0 aliphatic carbocycles. The molecule has 0 saturated carbocycles. The van der Waals surface area contributed by atoms with Crippen LogP contribution in [-0.4, -0.2) is 38.6 Å². The molecule has 0 fully saturated rings. The number of rotatable bonds is 6. The monoisotopic (exact) mass is 358 g/mol. The lowest BCUT2D eigenvalue weighted by molar-refractivity contribution is -0.123. The van der Waals surface area contributed by atoms with Crippen LogP contribution in [0.5, 0.6) is 11.5 Å². The highest BCUT2D eigenvalue weighted by Crippen LogP contribution is 2.16. The van der Waals surface area contributed by atoms with Crippen LogP contribution in [0.25, 0.3) is 0 Å². The lowest BCUT2D eigenvalue weighted by atomic mass is 10.1. The van der Waals surface area contributed by atoms with Gasteiger partial charge < -0.3 is 14.2 Å². The van der Waals surface area contributed by atoms with E-state index in [1.165, 1.54) is 31.4 Å². The molecule has 136 valence electrons. The zero-order valence-corrected chi connectivity index (χ0v) is 14.3. The van der Waals surface area contributed by atoms with E-state index in [9.17, 15) is 14.4 Å². The van der Waals surface area contributed by atoms with Gasteiger partial charge in [-0.2, -0.15) is 0 Å². The molecule has 0 atom stereocenters. The van der Waals surface area contributed by atoms with Gasteiger partial charge in [0.25, 0.3) is 11.8 Å². The highest BCUT2D eigenvalue weighted by molar-refractivity contribution is 5.98. The predicted octanol–water partition coefficient (Wildman–Crippen LogP) is 1.32. The van der Waals surface area contributed by atoms with Gasteiger partial charge in [-0.05, 0) is 42.5 Å². The third-order valence-electron chi connectivity index (χ3n) is 3.29. The normalized spacial score (nSPS) is 9.77. The van der Waals surface area contributed by atoms with Crippen molar-refractivity contribution in [1.29, 1.82) is 0 Å². The number of methoxy groups -OCH3 is 2. The maximum atomic E-state index is 12.0. The summed E-state index contributed by atoms with van der Waals surface area (Å²) in [6.45, 7) is -0.283. The molecule has 2 aromatic rings. The van der Waals surface area contributed by atoms with Gasteiger partial charge in [-0.25, -0.2) is 4.79 Å². The first-order valence-corrected chi connectivity index (χ1v) is 7.58. The summed E-state index contributed by atoms with van der Waals surface area (Å²) in [5.74, 6) is -0.523. The molecule has 0 bridgehead atoms. The standard InChI is InChI=1S/C18H18N2O6/c1-24-14-6-8-15(9-7-14)26-11-16(21)19-20-17(22)12-4-3-5-13(10-12)18(23)25-2/h3-10H,11H2,1-2H3,(H,19,21)(H,20,22). The van der Waals surface area contributed by atoms with Crippen LogP contribution in [0.2, 0.25) is 0 Å². The molecule has 0 radical (unpaired) electrons. The van der Waals surface area contributed by atoms with Gasteiger partial charge in [-0.3, -0.25) is 20.4 Å². The molecule has 2 N–H and O–H groups in total. The maximum absolute atomic E-state index is 12.0. The Balaban J connectivity index is 1.82. The van der Waals surface area contributed by atoms with Gasteiger partial charge in [-0.1, -0.05) is 6.07 Å². The summed E-state index contributed by atoms with van der Waals surface area (Å²) in [6, 6.07) is 12.6. The smallest absolute Gasteiger partial charge is 0.337 e. The summed E-state index contributed by atoms with van der Waals surface area (Å²) >= 11 is 0. The Morgan fingerprint density at radius 3 is 2.19 bits per heavy atom.